The van der Waals surface area contributed by atoms with Crippen molar-refractivity contribution in [1.29, 1.82) is 0 Å². The van der Waals surface area contributed by atoms with Crippen LogP contribution in [0.1, 0.15) is 6.23 Å². The number of nitrogen functional groups attached to an aromatic ring is 1. The summed E-state index contributed by atoms with van der Waals surface area (Å²) in [7, 11) is -15.8. The fourth-order valence-corrected chi connectivity index (χ4v) is 4.29. The van der Waals surface area contributed by atoms with Crippen LogP contribution in [0.2, 0.25) is 0 Å². The molecular formula is C10H15N5O15P2S. The minimum atomic E-state index is -5.34. The minimum Gasteiger partial charge on any atom is -0.386 e. The Morgan fingerprint density at radius 2 is 1.91 bits per heavy atom. The molecule has 20 nitrogen and oxygen atoms in total. The first kappa shape index (κ1) is 25.9. The molecule has 5 unspecified atom stereocenters. The van der Waals surface area contributed by atoms with Gasteiger partial charge in [0.05, 0.1) is 12.9 Å². The fourth-order valence-electron chi connectivity index (χ4n) is 2.71. The SMILES string of the molecule is Nc1ncnc2c1ncn2C1OC(COP(=O)(O)OOS(=O)(=O)OO)C(OP(=O)(O)O)C1O. The van der Waals surface area contributed by atoms with Gasteiger partial charge >= 0.3 is 26.0 Å². The predicted molar refractivity (Wildman–Crippen MR) is 97.2 cm³/mol. The van der Waals surface area contributed by atoms with Gasteiger partial charge in [0.25, 0.3) is 0 Å². The third-order valence-electron chi connectivity index (χ3n) is 3.93. The van der Waals surface area contributed by atoms with Crippen LogP contribution in [-0.2, 0) is 46.7 Å². The first-order valence-electron chi connectivity index (χ1n) is 8.17. The van der Waals surface area contributed by atoms with Crippen LogP contribution in [0.3, 0.4) is 0 Å². The summed E-state index contributed by atoms with van der Waals surface area (Å²) in [5.41, 5.74) is 5.84. The molecule has 3 heterocycles. The summed E-state index contributed by atoms with van der Waals surface area (Å²) < 4.78 is 70.0. The average Bonchev–Trinajstić information content (AvgIpc) is 3.27. The highest BCUT2D eigenvalue weighted by Gasteiger charge is 2.49. The van der Waals surface area contributed by atoms with Gasteiger partial charge in [0.2, 0.25) is 0 Å². The van der Waals surface area contributed by atoms with Gasteiger partial charge in [0.15, 0.2) is 17.7 Å². The number of hydrogen-bond acceptors (Lipinski definition) is 16. The molecule has 1 aliphatic heterocycles. The second kappa shape index (κ2) is 9.52. The zero-order chi connectivity index (χ0) is 24.6. The van der Waals surface area contributed by atoms with E-state index < -0.39 is 57.2 Å². The molecule has 3 rings (SSSR count). The zero-order valence-electron chi connectivity index (χ0n) is 15.7. The largest absolute Gasteiger partial charge is 0.500 e. The minimum absolute atomic E-state index is 0.0192. The second-order valence-electron chi connectivity index (χ2n) is 6.09. The van der Waals surface area contributed by atoms with Crippen molar-refractivity contribution in [2.45, 2.75) is 24.5 Å². The topological polar surface area (TPSA) is 294 Å². The highest BCUT2D eigenvalue weighted by Crippen LogP contribution is 2.47. The molecule has 2 aromatic rings. The van der Waals surface area contributed by atoms with E-state index in [-0.39, 0.29) is 17.0 Å². The molecule has 1 fully saturated rings. The Hall–Kier alpha value is -1.68. The van der Waals surface area contributed by atoms with Crippen LogP contribution in [0.5, 0.6) is 0 Å². The first-order chi connectivity index (χ1) is 15.2. The molecule has 0 aliphatic carbocycles. The Bertz CT molecular complexity index is 1200. The van der Waals surface area contributed by atoms with Crippen molar-refractivity contribution in [3.8, 4) is 0 Å². The zero-order valence-corrected chi connectivity index (χ0v) is 18.3. The van der Waals surface area contributed by atoms with Gasteiger partial charge in [-0.1, -0.05) is 8.67 Å². The van der Waals surface area contributed by atoms with Crippen molar-refractivity contribution in [2.75, 3.05) is 12.3 Å². The smallest absolute Gasteiger partial charge is 0.386 e. The molecule has 186 valence electrons. The molecule has 7 N–H and O–H groups in total. The molecule has 1 aliphatic rings. The molecule has 1 saturated heterocycles. The van der Waals surface area contributed by atoms with Crippen molar-refractivity contribution in [3.63, 3.8) is 0 Å². The molecule has 0 saturated carbocycles. The third-order valence-corrected chi connectivity index (χ3v) is 5.71. The number of hydrogen-bond donors (Lipinski definition) is 6. The Kier molecular flexibility index (Phi) is 7.48. The highest BCUT2D eigenvalue weighted by molar-refractivity contribution is 7.81. The predicted octanol–water partition coefficient (Wildman–Crippen LogP) is -2.06. The van der Waals surface area contributed by atoms with E-state index in [1.54, 1.807) is 0 Å². The van der Waals surface area contributed by atoms with Crippen LogP contribution in [-0.4, -0.2) is 77.9 Å². The Balaban J connectivity index is 1.81. The lowest BCUT2D eigenvalue weighted by Gasteiger charge is -2.21. The summed E-state index contributed by atoms with van der Waals surface area (Å²) in [6, 6.07) is 0. The lowest BCUT2D eigenvalue weighted by Crippen LogP contribution is -2.35. The Morgan fingerprint density at radius 1 is 1.21 bits per heavy atom. The normalized spacial score (nSPS) is 26.0. The lowest BCUT2D eigenvalue weighted by atomic mass is 10.1. The van der Waals surface area contributed by atoms with Gasteiger partial charge in [-0.2, -0.15) is 8.42 Å². The molecule has 0 bridgehead atoms. The van der Waals surface area contributed by atoms with Crippen molar-refractivity contribution >= 4 is 43.0 Å². The molecule has 2 aromatic heterocycles. The van der Waals surface area contributed by atoms with Crippen LogP contribution in [0.25, 0.3) is 11.2 Å². The van der Waals surface area contributed by atoms with Gasteiger partial charge in [0, 0.05) is 0 Å². The van der Waals surface area contributed by atoms with E-state index in [0.29, 0.717) is 0 Å². The van der Waals surface area contributed by atoms with E-state index in [0.717, 1.165) is 17.2 Å². The maximum Gasteiger partial charge on any atom is 0.500 e. The molecule has 23 heteroatoms. The summed E-state index contributed by atoms with van der Waals surface area (Å²) in [6.45, 7) is -1.06. The number of nitrogens with two attached hydrogens (primary N) is 1. The number of fused-ring (bicyclic) bond motifs is 1. The van der Waals surface area contributed by atoms with Gasteiger partial charge < -0.3 is 30.3 Å². The quantitative estimate of drug-likeness (QED) is 0.107. The number of nitrogens with zero attached hydrogens (tertiary/aromatic N) is 4. The van der Waals surface area contributed by atoms with E-state index in [1.165, 1.54) is 0 Å². The number of phosphoric acid groups is 2. The van der Waals surface area contributed by atoms with Gasteiger partial charge in [0.1, 0.15) is 30.2 Å². The van der Waals surface area contributed by atoms with E-state index in [1.807, 2.05) is 0 Å². The van der Waals surface area contributed by atoms with Crippen LogP contribution < -0.4 is 5.73 Å². The second-order valence-corrected chi connectivity index (χ2v) is 9.73. The number of imidazole rings is 1. The van der Waals surface area contributed by atoms with Crippen LogP contribution >= 0.6 is 15.6 Å². The van der Waals surface area contributed by atoms with Crippen molar-refractivity contribution in [2.24, 2.45) is 0 Å². The van der Waals surface area contributed by atoms with Crippen LogP contribution in [0.4, 0.5) is 5.82 Å². The van der Waals surface area contributed by atoms with Gasteiger partial charge in [-0.05, 0) is 0 Å². The third kappa shape index (κ3) is 6.26. The first-order valence-corrected chi connectivity index (χ1v) is 12.5. The molecule has 0 aromatic carbocycles. The number of aliphatic hydroxyl groups excluding tert-OH is 1. The molecule has 0 radical (unpaired) electrons. The highest BCUT2D eigenvalue weighted by atomic mass is 32.3. The van der Waals surface area contributed by atoms with Crippen molar-refractivity contribution in [3.05, 3.63) is 12.7 Å². The standard InChI is InChI=1S/C10H15N5O15P2S/c11-8-5-9(13-2-12-8)15(3-14-5)10-6(16)7(27-31(18,19)20)4(26-10)1-25-32(21,22)29-30-33(23,24)28-17/h2-4,6-7,10,16-17H,1H2,(H,21,22)(H2,11,12,13)(H2,18,19,20). The van der Waals surface area contributed by atoms with E-state index in [4.69, 9.17) is 25.5 Å². The van der Waals surface area contributed by atoms with E-state index in [2.05, 4.69) is 37.3 Å². The average molecular weight is 539 g/mol. The summed E-state index contributed by atoms with van der Waals surface area (Å²) >= 11 is 0. The van der Waals surface area contributed by atoms with Crippen LogP contribution in [0.15, 0.2) is 12.7 Å². The van der Waals surface area contributed by atoms with Crippen molar-refractivity contribution in [1.82, 2.24) is 19.5 Å². The van der Waals surface area contributed by atoms with Gasteiger partial charge in [-0.15, -0.1) is 4.67 Å². The van der Waals surface area contributed by atoms with E-state index in [9.17, 15) is 27.5 Å². The number of aromatic nitrogens is 4. The summed E-state index contributed by atoms with van der Waals surface area (Å²) in [5.74, 6) is -0.0192. The molecular weight excluding hydrogens is 524 g/mol. The summed E-state index contributed by atoms with van der Waals surface area (Å²) in [5, 5.41) is 18.6. The van der Waals surface area contributed by atoms with Gasteiger partial charge in [-0.25, -0.2) is 29.3 Å². The Morgan fingerprint density at radius 3 is 2.55 bits per heavy atom. The number of phosphoric ester groups is 2. The fraction of sp³-hybridized carbons (Fsp3) is 0.500. The van der Waals surface area contributed by atoms with Crippen LogP contribution in [0, 0.1) is 0 Å². The lowest BCUT2D eigenvalue weighted by molar-refractivity contribution is -0.192. The molecule has 33 heavy (non-hydrogen) atoms. The molecule has 5 atom stereocenters. The number of ether oxygens (including phenoxy) is 1. The maximum absolute atomic E-state index is 11.8. The number of rotatable bonds is 10. The summed E-state index contributed by atoms with van der Waals surface area (Å²) in [4.78, 5) is 39.4. The number of anilines is 1. The van der Waals surface area contributed by atoms with Crippen molar-refractivity contribution < 1.29 is 69.7 Å². The summed E-state index contributed by atoms with van der Waals surface area (Å²) in [6.07, 6.45) is -4.59. The Labute approximate surface area is 182 Å². The van der Waals surface area contributed by atoms with E-state index >= 15 is 0 Å². The maximum atomic E-state index is 11.8. The number of aliphatic hydroxyl groups is 1. The molecule has 0 spiro atoms. The monoisotopic (exact) mass is 539 g/mol. The molecule has 0 amide bonds. The van der Waals surface area contributed by atoms with Gasteiger partial charge in [-0.3, -0.25) is 13.6 Å².